The second-order valence-electron chi connectivity index (χ2n) is 5.90. The molecule has 0 radical (unpaired) electrons. The molecule has 0 aliphatic carbocycles. The number of anilines is 2. The van der Waals surface area contributed by atoms with Crippen LogP contribution in [0, 0.1) is 0 Å². The van der Waals surface area contributed by atoms with E-state index < -0.39 is 6.09 Å². The van der Waals surface area contributed by atoms with Crippen LogP contribution in [0.1, 0.15) is 18.1 Å². The summed E-state index contributed by atoms with van der Waals surface area (Å²) in [5.74, 6) is 1.21. The van der Waals surface area contributed by atoms with Gasteiger partial charge in [0.05, 0.1) is 32.2 Å². The molecule has 0 aromatic heterocycles. The maximum Gasteiger partial charge on any atom is 0.411 e. The molecule has 0 atom stereocenters. The lowest BCUT2D eigenvalue weighted by Gasteiger charge is -2.11. The number of hydrogen-bond acceptors (Lipinski definition) is 7. The molecule has 1 amide bonds. The largest absolute Gasteiger partial charge is 0.495 e. The van der Waals surface area contributed by atoms with Crippen LogP contribution in [0.2, 0.25) is 0 Å². The number of aliphatic hydroxyl groups is 2. The van der Waals surface area contributed by atoms with Crippen molar-refractivity contribution in [1.82, 2.24) is 0 Å². The van der Waals surface area contributed by atoms with Gasteiger partial charge in [0.15, 0.2) is 0 Å². The highest BCUT2D eigenvalue weighted by Crippen LogP contribution is 2.26. The highest BCUT2D eigenvalue weighted by Gasteiger charge is 2.08. The lowest BCUT2D eigenvalue weighted by atomic mass is 10.1. The van der Waals surface area contributed by atoms with E-state index in [1.165, 1.54) is 7.11 Å². The Balaban J connectivity index is 0.000000573. The van der Waals surface area contributed by atoms with E-state index in [-0.39, 0.29) is 25.6 Å². The van der Waals surface area contributed by atoms with Crippen molar-refractivity contribution in [1.29, 1.82) is 0 Å². The number of rotatable bonds is 8. The van der Waals surface area contributed by atoms with Gasteiger partial charge in [-0.3, -0.25) is 5.32 Å². The molecule has 168 valence electrons. The maximum absolute atomic E-state index is 11.3. The van der Waals surface area contributed by atoms with Crippen LogP contribution in [0.5, 0.6) is 11.5 Å². The van der Waals surface area contributed by atoms with Gasteiger partial charge >= 0.3 is 6.09 Å². The summed E-state index contributed by atoms with van der Waals surface area (Å²) in [6.07, 6.45) is 0.674. The van der Waals surface area contributed by atoms with Crippen LogP contribution in [0.25, 0.3) is 0 Å². The summed E-state index contributed by atoms with van der Waals surface area (Å²) in [5, 5.41) is 20.1. The average Bonchev–Trinajstić information content (AvgIpc) is 2.71. The first-order chi connectivity index (χ1) is 14.0. The first-order valence-corrected chi connectivity index (χ1v) is 9.23. The van der Waals surface area contributed by atoms with E-state index >= 15 is 0 Å². The number of methoxy groups -OCH3 is 2. The molecule has 0 aliphatic heterocycles. The van der Waals surface area contributed by atoms with E-state index in [1.54, 1.807) is 32.2 Å². The van der Waals surface area contributed by atoms with Gasteiger partial charge in [0.1, 0.15) is 11.5 Å². The Morgan fingerprint density at radius 1 is 0.967 bits per heavy atom. The summed E-state index contributed by atoms with van der Waals surface area (Å²) in [6.45, 7) is 2.28. The number of halogens is 1. The van der Waals surface area contributed by atoms with Crippen LogP contribution in [0.4, 0.5) is 16.2 Å². The van der Waals surface area contributed by atoms with Crippen LogP contribution in [-0.4, -0.2) is 50.3 Å². The third kappa shape index (κ3) is 9.21. The number of carbonyl (C=O) groups is 1. The molecule has 0 saturated carbocycles. The highest BCUT2D eigenvalue weighted by atomic mass is 35.5. The van der Waals surface area contributed by atoms with Gasteiger partial charge < -0.3 is 30.2 Å². The zero-order valence-electron chi connectivity index (χ0n) is 17.5. The second-order valence-corrected chi connectivity index (χ2v) is 5.90. The number of aliphatic hydroxyl groups excluding tert-OH is 2. The van der Waals surface area contributed by atoms with Crippen LogP contribution >= 0.6 is 12.4 Å². The number of ether oxygens (including phenoxy) is 3. The van der Waals surface area contributed by atoms with Crippen molar-refractivity contribution in [2.75, 3.05) is 45.1 Å². The first kappa shape index (κ1) is 27.3. The van der Waals surface area contributed by atoms with Gasteiger partial charge in [0.25, 0.3) is 0 Å². The molecule has 2 rings (SSSR count). The molecule has 0 fully saturated rings. The van der Waals surface area contributed by atoms with Crippen molar-refractivity contribution in [3.05, 3.63) is 47.5 Å². The minimum Gasteiger partial charge on any atom is -0.495 e. The number of nitrogens with two attached hydrogens (primary N) is 1. The third-order valence-electron chi connectivity index (χ3n) is 3.88. The van der Waals surface area contributed by atoms with E-state index in [0.717, 1.165) is 11.1 Å². The number of carbonyl (C=O) groups excluding carboxylic acids is 1. The van der Waals surface area contributed by atoms with Gasteiger partial charge in [0, 0.05) is 13.2 Å². The van der Waals surface area contributed by atoms with Gasteiger partial charge in [-0.05, 0) is 55.2 Å². The van der Waals surface area contributed by atoms with Crippen molar-refractivity contribution in [3.8, 4) is 11.5 Å². The van der Waals surface area contributed by atoms with E-state index in [0.29, 0.717) is 42.3 Å². The zero-order valence-corrected chi connectivity index (χ0v) is 18.3. The summed E-state index contributed by atoms with van der Waals surface area (Å²) in [6, 6.07) is 10.8. The van der Waals surface area contributed by atoms with Crippen LogP contribution < -0.4 is 20.5 Å². The summed E-state index contributed by atoms with van der Waals surface area (Å²) < 4.78 is 15.0. The molecule has 9 heteroatoms. The maximum atomic E-state index is 11.3. The van der Waals surface area contributed by atoms with Gasteiger partial charge in [-0.2, -0.15) is 0 Å². The normalized spacial score (nSPS) is 9.50. The number of benzene rings is 2. The monoisotopic (exact) mass is 442 g/mol. The van der Waals surface area contributed by atoms with Crippen molar-refractivity contribution < 1.29 is 29.2 Å². The predicted molar refractivity (Wildman–Crippen MR) is 120 cm³/mol. The molecule has 0 spiro atoms. The van der Waals surface area contributed by atoms with Gasteiger partial charge in [-0.1, -0.05) is 12.1 Å². The van der Waals surface area contributed by atoms with E-state index in [9.17, 15) is 4.79 Å². The molecule has 0 saturated heterocycles. The average molecular weight is 443 g/mol. The summed E-state index contributed by atoms with van der Waals surface area (Å²) >= 11 is 0. The number of nitrogen functional groups attached to an aromatic ring is 1. The first-order valence-electron chi connectivity index (χ1n) is 9.23. The molecule has 2 aromatic rings. The fourth-order valence-electron chi connectivity index (χ4n) is 2.44. The Bertz CT molecular complexity index is 773. The van der Waals surface area contributed by atoms with E-state index in [1.807, 2.05) is 18.2 Å². The smallest absolute Gasteiger partial charge is 0.411 e. The van der Waals surface area contributed by atoms with Crippen molar-refractivity contribution >= 4 is 29.9 Å². The van der Waals surface area contributed by atoms with E-state index in [2.05, 4.69) is 5.32 Å². The molecule has 5 N–H and O–H groups in total. The topological polar surface area (TPSA) is 123 Å². The minimum absolute atomic E-state index is 0. The standard InChI is InChI=1S/C12H17NO4.C9H13NO2.ClH/c1-3-17-12(15)13-10-5-4-9(6-7-14)8-11(10)16-2;1-12-9-6-7(4-5-11)2-3-8(9)10;/h4-5,8,14H,3,6-7H2,1-2H3,(H,13,15);2-3,6,11H,4-5,10H2,1H3;1H. The fraction of sp³-hybridized carbons (Fsp3) is 0.381. The SMILES string of the molecule is CCOC(=O)Nc1ccc(CCO)cc1OC.COc1cc(CCO)ccc1N.Cl. The molecule has 0 heterocycles. The van der Waals surface area contributed by atoms with Gasteiger partial charge in [-0.15, -0.1) is 12.4 Å². The second kappa shape index (κ2) is 15.2. The number of hydrogen-bond donors (Lipinski definition) is 4. The highest BCUT2D eigenvalue weighted by molar-refractivity contribution is 5.86. The predicted octanol–water partition coefficient (Wildman–Crippen LogP) is 3.03. The lowest BCUT2D eigenvalue weighted by molar-refractivity contribution is 0.168. The Morgan fingerprint density at radius 2 is 1.50 bits per heavy atom. The Kier molecular flexibility index (Phi) is 13.8. The van der Waals surface area contributed by atoms with Crippen LogP contribution in [-0.2, 0) is 17.6 Å². The van der Waals surface area contributed by atoms with Crippen molar-refractivity contribution in [2.24, 2.45) is 0 Å². The molecule has 2 aromatic carbocycles. The molecule has 0 bridgehead atoms. The molecular formula is C21H31ClN2O6. The molecule has 0 aliphatic rings. The molecule has 8 nitrogen and oxygen atoms in total. The van der Waals surface area contributed by atoms with Gasteiger partial charge in [-0.25, -0.2) is 4.79 Å². The lowest BCUT2D eigenvalue weighted by Crippen LogP contribution is -2.14. The Labute approximate surface area is 183 Å². The summed E-state index contributed by atoms with van der Waals surface area (Å²) in [7, 11) is 3.10. The van der Waals surface area contributed by atoms with Gasteiger partial charge in [0.2, 0.25) is 0 Å². The fourth-order valence-corrected chi connectivity index (χ4v) is 2.44. The molecular weight excluding hydrogens is 412 g/mol. The Hall–Kier alpha value is -2.68. The van der Waals surface area contributed by atoms with Crippen molar-refractivity contribution in [3.63, 3.8) is 0 Å². The molecule has 0 unspecified atom stereocenters. The quantitative estimate of drug-likeness (QED) is 0.463. The molecule has 30 heavy (non-hydrogen) atoms. The van der Waals surface area contributed by atoms with Crippen LogP contribution in [0.15, 0.2) is 36.4 Å². The minimum atomic E-state index is -0.513. The van der Waals surface area contributed by atoms with E-state index in [4.69, 9.17) is 30.2 Å². The van der Waals surface area contributed by atoms with Crippen LogP contribution in [0.3, 0.4) is 0 Å². The number of amides is 1. The number of nitrogens with one attached hydrogen (secondary N) is 1. The summed E-state index contributed by atoms with van der Waals surface area (Å²) in [5.41, 5.74) is 8.76. The zero-order chi connectivity index (χ0) is 21.6. The Morgan fingerprint density at radius 3 is 2.00 bits per heavy atom. The van der Waals surface area contributed by atoms with Crippen molar-refractivity contribution in [2.45, 2.75) is 19.8 Å². The third-order valence-corrected chi connectivity index (χ3v) is 3.88. The summed E-state index contributed by atoms with van der Waals surface area (Å²) in [4.78, 5) is 11.3.